The van der Waals surface area contributed by atoms with E-state index in [9.17, 15) is 14.9 Å². The lowest BCUT2D eigenvalue weighted by molar-refractivity contribution is -0.384. The zero-order chi connectivity index (χ0) is 15.5. The highest BCUT2D eigenvalue weighted by Crippen LogP contribution is 2.28. The molecule has 0 spiro atoms. The Bertz CT molecular complexity index is 571. The van der Waals surface area contributed by atoms with Crippen molar-refractivity contribution in [2.45, 2.75) is 25.3 Å². The Morgan fingerprint density at radius 1 is 1.32 bits per heavy atom. The van der Waals surface area contributed by atoms with Crippen LogP contribution in [0.5, 0.6) is 0 Å². The number of carbonyl (C=O) groups excluding carboxylic acids is 1. The van der Waals surface area contributed by atoms with Crippen molar-refractivity contribution in [3.05, 3.63) is 28.4 Å². The number of urea groups is 1. The predicted octanol–water partition coefficient (Wildman–Crippen LogP) is 1.37. The fourth-order valence-corrected chi connectivity index (χ4v) is 3.16. The first kappa shape index (κ1) is 14.6. The molecule has 2 amide bonds. The maximum atomic E-state index is 11.9. The van der Waals surface area contributed by atoms with Gasteiger partial charge in [-0.1, -0.05) is 0 Å². The highest BCUT2D eigenvalue weighted by atomic mass is 16.6. The Balaban J connectivity index is 1.67. The van der Waals surface area contributed by atoms with Gasteiger partial charge in [-0.2, -0.15) is 0 Å². The molecule has 0 bridgehead atoms. The first-order valence-corrected chi connectivity index (χ1v) is 7.55. The van der Waals surface area contributed by atoms with Crippen molar-refractivity contribution in [2.75, 3.05) is 31.1 Å². The molecule has 118 valence electrons. The van der Waals surface area contributed by atoms with E-state index in [4.69, 9.17) is 0 Å². The van der Waals surface area contributed by atoms with Gasteiger partial charge in [-0.25, -0.2) is 9.78 Å². The van der Waals surface area contributed by atoms with Gasteiger partial charge in [0, 0.05) is 44.5 Å². The number of hydrogen-bond acceptors (Lipinski definition) is 5. The third-order valence-corrected chi connectivity index (χ3v) is 4.28. The average Bonchev–Trinajstić information content (AvgIpc) is 2.55. The Morgan fingerprint density at radius 3 is 2.77 bits per heavy atom. The largest absolute Gasteiger partial charge is 0.351 e. The molecule has 8 heteroatoms. The van der Waals surface area contributed by atoms with Gasteiger partial charge in [-0.05, 0) is 25.3 Å². The molecule has 0 atom stereocenters. The summed E-state index contributed by atoms with van der Waals surface area (Å²) < 4.78 is 0. The van der Waals surface area contributed by atoms with Crippen LogP contribution in [0.3, 0.4) is 0 Å². The van der Waals surface area contributed by atoms with Crippen molar-refractivity contribution in [3.8, 4) is 0 Å². The summed E-state index contributed by atoms with van der Waals surface area (Å²) in [6, 6.07) is 3.27. The Hall–Kier alpha value is -2.38. The molecule has 2 fully saturated rings. The van der Waals surface area contributed by atoms with E-state index < -0.39 is 4.92 Å². The SMILES string of the molecule is O=C1NCCCN1C1CCN(c2ncccc2[N+](=O)[O-])CC1. The third-order valence-electron chi connectivity index (χ3n) is 4.28. The number of nitrogens with one attached hydrogen (secondary N) is 1. The van der Waals surface area contributed by atoms with E-state index in [0.717, 1.165) is 32.4 Å². The molecule has 0 saturated carbocycles. The highest BCUT2D eigenvalue weighted by molar-refractivity contribution is 5.75. The van der Waals surface area contributed by atoms with Gasteiger partial charge in [0.15, 0.2) is 0 Å². The molecule has 1 aromatic rings. The van der Waals surface area contributed by atoms with Crippen LogP contribution in [0, 0.1) is 10.1 Å². The van der Waals surface area contributed by atoms with Gasteiger partial charge in [0.1, 0.15) is 0 Å². The Morgan fingerprint density at radius 2 is 2.09 bits per heavy atom. The summed E-state index contributed by atoms with van der Waals surface area (Å²) in [6.45, 7) is 2.88. The quantitative estimate of drug-likeness (QED) is 0.672. The maximum Gasteiger partial charge on any atom is 0.317 e. The van der Waals surface area contributed by atoms with E-state index in [2.05, 4.69) is 10.3 Å². The monoisotopic (exact) mass is 305 g/mol. The molecule has 1 aromatic heterocycles. The molecular formula is C14H19N5O3. The van der Waals surface area contributed by atoms with Crippen LogP contribution in [0.25, 0.3) is 0 Å². The van der Waals surface area contributed by atoms with Gasteiger partial charge >= 0.3 is 11.7 Å². The number of anilines is 1. The standard InChI is InChI=1S/C14H19N5O3/c20-14-16-7-2-8-18(14)11-4-9-17(10-5-11)13-12(19(21)22)3-1-6-15-13/h1,3,6,11H,2,4-5,7-10H2,(H,16,20). The second kappa shape index (κ2) is 6.17. The molecule has 22 heavy (non-hydrogen) atoms. The second-order valence-corrected chi connectivity index (χ2v) is 5.60. The number of piperidine rings is 1. The van der Waals surface area contributed by atoms with Gasteiger partial charge in [0.25, 0.3) is 0 Å². The van der Waals surface area contributed by atoms with E-state index in [-0.39, 0.29) is 17.8 Å². The zero-order valence-electron chi connectivity index (χ0n) is 12.3. The first-order valence-electron chi connectivity index (χ1n) is 7.55. The van der Waals surface area contributed by atoms with Gasteiger partial charge in [0.05, 0.1) is 4.92 Å². The third kappa shape index (κ3) is 2.81. The number of amides is 2. The lowest BCUT2D eigenvalue weighted by atomic mass is 10.0. The summed E-state index contributed by atoms with van der Waals surface area (Å²) in [5.41, 5.74) is 0.0386. The molecule has 0 radical (unpaired) electrons. The van der Waals surface area contributed by atoms with E-state index >= 15 is 0 Å². The van der Waals surface area contributed by atoms with Gasteiger partial charge in [0.2, 0.25) is 5.82 Å². The van der Waals surface area contributed by atoms with Crippen molar-refractivity contribution in [3.63, 3.8) is 0 Å². The van der Waals surface area contributed by atoms with E-state index in [0.29, 0.717) is 18.9 Å². The predicted molar refractivity (Wildman–Crippen MR) is 80.8 cm³/mol. The minimum atomic E-state index is -0.396. The van der Waals surface area contributed by atoms with Crippen molar-refractivity contribution in [1.29, 1.82) is 0 Å². The van der Waals surface area contributed by atoms with Crippen molar-refractivity contribution in [2.24, 2.45) is 0 Å². The normalized spacial score (nSPS) is 19.9. The van der Waals surface area contributed by atoms with Crippen LogP contribution in [0.15, 0.2) is 18.3 Å². The van der Waals surface area contributed by atoms with Crippen molar-refractivity contribution in [1.82, 2.24) is 15.2 Å². The summed E-state index contributed by atoms with van der Waals surface area (Å²) in [6.07, 6.45) is 4.16. The number of nitro groups is 1. The molecule has 0 aliphatic carbocycles. The summed E-state index contributed by atoms with van der Waals surface area (Å²) in [5, 5.41) is 14.0. The number of pyridine rings is 1. The van der Waals surface area contributed by atoms with E-state index in [1.165, 1.54) is 6.07 Å². The Labute approximate surface area is 128 Å². The number of aromatic nitrogens is 1. The number of nitrogens with zero attached hydrogens (tertiary/aromatic N) is 4. The molecule has 1 N–H and O–H groups in total. The molecule has 2 aliphatic rings. The molecule has 2 saturated heterocycles. The fourth-order valence-electron chi connectivity index (χ4n) is 3.16. The average molecular weight is 305 g/mol. The molecule has 3 rings (SSSR count). The molecule has 0 aromatic carbocycles. The summed E-state index contributed by atoms with van der Waals surface area (Å²) in [7, 11) is 0. The van der Waals surface area contributed by atoms with Crippen LogP contribution in [-0.4, -0.2) is 53.1 Å². The first-order chi connectivity index (χ1) is 10.7. The Kier molecular flexibility index (Phi) is 4.08. The lowest BCUT2D eigenvalue weighted by Crippen LogP contribution is -2.54. The zero-order valence-corrected chi connectivity index (χ0v) is 12.3. The molecule has 8 nitrogen and oxygen atoms in total. The van der Waals surface area contributed by atoms with Gasteiger partial charge in [-0.15, -0.1) is 0 Å². The van der Waals surface area contributed by atoms with Crippen LogP contribution < -0.4 is 10.2 Å². The molecule has 0 unspecified atom stereocenters. The van der Waals surface area contributed by atoms with Crippen LogP contribution >= 0.6 is 0 Å². The van der Waals surface area contributed by atoms with E-state index in [1.54, 1.807) is 12.3 Å². The number of rotatable bonds is 3. The van der Waals surface area contributed by atoms with Gasteiger partial charge < -0.3 is 15.1 Å². The lowest BCUT2D eigenvalue weighted by Gasteiger charge is -2.40. The summed E-state index contributed by atoms with van der Waals surface area (Å²) in [4.78, 5) is 30.6. The second-order valence-electron chi connectivity index (χ2n) is 5.60. The minimum Gasteiger partial charge on any atom is -0.351 e. The molecule has 2 aliphatic heterocycles. The minimum absolute atomic E-state index is 0.00789. The summed E-state index contributed by atoms with van der Waals surface area (Å²) in [5.74, 6) is 0.425. The number of hydrogen-bond donors (Lipinski definition) is 1. The van der Waals surface area contributed by atoms with E-state index in [1.807, 2.05) is 9.80 Å². The van der Waals surface area contributed by atoms with Gasteiger partial charge in [-0.3, -0.25) is 10.1 Å². The maximum absolute atomic E-state index is 11.9. The van der Waals surface area contributed by atoms with Crippen LogP contribution in [0.4, 0.5) is 16.3 Å². The highest BCUT2D eigenvalue weighted by Gasteiger charge is 2.31. The smallest absolute Gasteiger partial charge is 0.317 e. The molecular weight excluding hydrogens is 286 g/mol. The topological polar surface area (TPSA) is 91.6 Å². The number of carbonyl (C=O) groups is 1. The molecule has 3 heterocycles. The van der Waals surface area contributed by atoms with Crippen molar-refractivity contribution >= 4 is 17.5 Å². The van der Waals surface area contributed by atoms with Crippen molar-refractivity contribution < 1.29 is 9.72 Å². The van der Waals surface area contributed by atoms with Crippen LogP contribution in [0.1, 0.15) is 19.3 Å². The summed E-state index contributed by atoms with van der Waals surface area (Å²) >= 11 is 0. The van der Waals surface area contributed by atoms with Crippen LogP contribution in [0.2, 0.25) is 0 Å². The fraction of sp³-hybridized carbons (Fsp3) is 0.571. The van der Waals surface area contributed by atoms with Crippen LogP contribution in [-0.2, 0) is 0 Å².